The van der Waals surface area contributed by atoms with Crippen LogP contribution in [0.5, 0.6) is 0 Å². The van der Waals surface area contributed by atoms with E-state index >= 15 is 0 Å². The molecule has 2 N–H and O–H groups in total. The van der Waals surface area contributed by atoms with Crippen molar-refractivity contribution in [3.05, 3.63) is 53.7 Å². The molecule has 0 radical (unpaired) electrons. The van der Waals surface area contributed by atoms with Crippen LogP contribution in [-0.4, -0.2) is 30.6 Å². The number of aromatic amines is 1. The Morgan fingerprint density at radius 2 is 2.28 bits per heavy atom. The van der Waals surface area contributed by atoms with Gasteiger partial charge in [0.05, 0.1) is 52.7 Å². The molecule has 1 aromatic carbocycles. The predicted octanol–water partition coefficient (Wildman–Crippen LogP) is 1.65. The van der Waals surface area contributed by atoms with Gasteiger partial charge in [0.1, 0.15) is 5.82 Å². The molecular formula is C17H13N7O. The second-order valence-electron chi connectivity index (χ2n) is 5.63. The molecule has 3 aromatic heterocycles. The fourth-order valence-corrected chi connectivity index (χ4v) is 2.67. The number of amides is 1. The topological polar surface area (TPSA) is 112 Å². The Hall–Kier alpha value is -3.73. The molecule has 0 fully saturated rings. The fraction of sp³-hybridized carbons (Fsp3) is 0.118. The first kappa shape index (κ1) is 14.8. The van der Waals surface area contributed by atoms with Crippen molar-refractivity contribution in [1.82, 2.24) is 30.0 Å². The van der Waals surface area contributed by atoms with Crippen LogP contribution in [0.4, 0.5) is 0 Å². The Kier molecular flexibility index (Phi) is 3.40. The molecule has 8 nitrogen and oxygen atoms in total. The van der Waals surface area contributed by atoms with Crippen LogP contribution in [0.1, 0.15) is 21.7 Å². The summed E-state index contributed by atoms with van der Waals surface area (Å²) in [7, 11) is 1.75. The maximum Gasteiger partial charge on any atom is 0.254 e. The Bertz CT molecular complexity index is 1150. The second kappa shape index (κ2) is 5.72. The summed E-state index contributed by atoms with van der Waals surface area (Å²) in [6.07, 6.45) is 4.85. The molecule has 0 aliphatic heterocycles. The number of H-pyrrole nitrogens is 1. The number of aromatic nitrogens is 5. The molecule has 3 heterocycles. The standard InChI is InChI=1S/C17H13N7O/c1-24-9-11(6-21-24)17(25)20-8-15-22-14-7-19-13-3-2-10(5-18)4-12(13)16(14)23-15/h2-4,6-7,9H,8H2,1H3,(H,20,25)(H,22,23). The van der Waals surface area contributed by atoms with Crippen LogP contribution in [-0.2, 0) is 13.6 Å². The minimum atomic E-state index is -0.219. The molecule has 4 rings (SSSR count). The molecule has 0 spiro atoms. The van der Waals surface area contributed by atoms with Crippen molar-refractivity contribution in [3.8, 4) is 6.07 Å². The van der Waals surface area contributed by atoms with E-state index in [4.69, 9.17) is 5.26 Å². The summed E-state index contributed by atoms with van der Waals surface area (Å²) in [5.41, 5.74) is 3.30. The van der Waals surface area contributed by atoms with E-state index in [9.17, 15) is 4.79 Å². The highest BCUT2D eigenvalue weighted by atomic mass is 16.1. The van der Waals surface area contributed by atoms with Gasteiger partial charge in [-0.1, -0.05) is 0 Å². The minimum absolute atomic E-state index is 0.219. The molecule has 4 aromatic rings. The number of benzene rings is 1. The van der Waals surface area contributed by atoms with Crippen molar-refractivity contribution >= 4 is 27.8 Å². The lowest BCUT2D eigenvalue weighted by molar-refractivity contribution is 0.0950. The molecule has 0 unspecified atom stereocenters. The summed E-state index contributed by atoms with van der Waals surface area (Å²) in [6.45, 7) is 0.252. The van der Waals surface area contributed by atoms with Crippen molar-refractivity contribution in [2.24, 2.45) is 7.05 Å². The summed E-state index contributed by atoms with van der Waals surface area (Å²) in [5, 5.41) is 16.7. The Morgan fingerprint density at radius 3 is 3.04 bits per heavy atom. The number of pyridine rings is 1. The highest BCUT2D eigenvalue weighted by Crippen LogP contribution is 2.22. The second-order valence-corrected chi connectivity index (χ2v) is 5.63. The van der Waals surface area contributed by atoms with Crippen molar-refractivity contribution in [1.29, 1.82) is 5.26 Å². The van der Waals surface area contributed by atoms with E-state index in [0.29, 0.717) is 17.0 Å². The first-order valence-corrected chi connectivity index (χ1v) is 7.58. The van der Waals surface area contributed by atoms with E-state index in [0.717, 1.165) is 21.9 Å². The molecule has 0 aliphatic carbocycles. The van der Waals surface area contributed by atoms with E-state index in [1.165, 1.54) is 6.20 Å². The zero-order valence-electron chi connectivity index (χ0n) is 13.3. The molecule has 1 amide bonds. The number of imidazole rings is 1. The number of nitriles is 1. The van der Waals surface area contributed by atoms with Gasteiger partial charge < -0.3 is 10.3 Å². The van der Waals surface area contributed by atoms with E-state index in [-0.39, 0.29) is 12.5 Å². The first-order valence-electron chi connectivity index (χ1n) is 7.58. The Morgan fingerprint density at radius 1 is 1.40 bits per heavy atom. The zero-order valence-corrected chi connectivity index (χ0v) is 13.3. The molecule has 0 atom stereocenters. The lowest BCUT2D eigenvalue weighted by Crippen LogP contribution is -2.22. The van der Waals surface area contributed by atoms with Crippen LogP contribution in [0, 0.1) is 11.3 Å². The van der Waals surface area contributed by atoms with Gasteiger partial charge in [-0.2, -0.15) is 10.4 Å². The predicted molar refractivity (Wildman–Crippen MR) is 90.5 cm³/mol. The summed E-state index contributed by atoms with van der Waals surface area (Å²) in [4.78, 5) is 24.1. The fourth-order valence-electron chi connectivity index (χ4n) is 2.67. The third-order valence-electron chi connectivity index (χ3n) is 3.88. The summed E-state index contributed by atoms with van der Waals surface area (Å²) >= 11 is 0. The van der Waals surface area contributed by atoms with Gasteiger partial charge in [-0.3, -0.25) is 14.5 Å². The number of aryl methyl sites for hydroxylation is 1. The number of rotatable bonds is 3. The minimum Gasteiger partial charge on any atom is -0.345 e. The molecule has 8 heteroatoms. The van der Waals surface area contributed by atoms with Crippen molar-refractivity contribution in [2.75, 3.05) is 0 Å². The normalized spacial score (nSPS) is 10.9. The number of hydrogen-bond donors (Lipinski definition) is 2. The smallest absolute Gasteiger partial charge is 0.254 e. The van der Waals surface area contributed by atoms with Crippen molar-refractivity contribution in [3.63, 3.8) is 0 Å². The van der Waals surface area contributed by atoms with E-state index in [1.54, 1.807) is 42.3 Å². The maximum absolute atomic E-state index is 12.1. The van der Waals surface area contributed by atoms with Gasteiger partial charge in [0.2, 0.25) is 0 Å². The van der Waals surface area contributed by atoms with Crippen molar-refractivity contribution < 1.29 is 4.79 Å². The number of nitrogens with zero attached hydrogens (tertiary/aromatic N) is 5. The van der Waals surface area contributed by atoms with Crippen LogP contribution in [0.25, 0.3) is 21.9 Å². The average molecular weight is 331 g/mol. The molecule has 0 saturated carbocycles. The number of carbonyl (C=O) groups excluding carboxylic acids is 1. The highest BCUT2D eigenvalue weighted by molar-refractivity contribution is 6.02. The van der Waals surface area contributed by atoms with Crippen LogP contribution < -0.4 is 5.32 Å². The van der Waals surface area contributed by atoms with Crippen molar-refractivity contribution in [2.45, 2.75) is 6.54 Å². The highest BCUT2D eigenvalue weighted by Gasteiger charge is 2.11. The Labute approximate surface area is 142 Å². The molecule has 25 heavy (non-hydrogen) atoms. The van der Waals surface area contributed by atoms with Gasteiger partial charge in [-0.15, -0.1) is 0 Å². The monoisotopic (exact) mass is 331 g/mol. The third kappa shape index (κ3) is 2.68. The summed E-state index contributed by atoms with van der Waals surface area (Å²) < 4.78 is 1.57. The zero-order chi connectivity index (χ0) is 17.4. The average Bonchev–Trinajstić information content (AvgIpc) is 3.25. The van der Waals surface area contributed by atoms with Gasteiger partial charge in [-0.25, -0.2) is 4.98 Å². The van der Waals surface area contributed by atoms with Gasteiger partial charge >= 0.3 is 0 Å². The van der Waals surface area contributed by atoms with Gasteiger partial charge in [-0.05, 0) is 18.2 Å². The number of fused-ring (bicyclic) bond motifs is 3. The van der Waals surface area contributed by atoms with E-state index < -0.39 is 0 Å². The SMILES string of the molecule is Cn1cc(C(=O)NCc2nc3c(cnc4ccc(C#N)cc43)[nH]2)cn1. The number of carbonyl (C=O) groups is 1. The summed E-state index contributed by atoms with van der Waals surface area (Å²) in [5.74, 6) is 0.396. The molecular weight excluding hydrogens is 318 g/mol. The molecule has 0 aliphatic rings. The number of hydrogen-bond acceptors (Lipinski definition) is 5. The lowest BCUT2D eigenvalue weighted by atomic mass is 10.1. The van der Waals surface area contributed by atoms with Gasteiger partial charge in [0.25, 0.3) is 5.91 Å². The molecule has 122 valence electrons. The van der Waals surface area contributed by atoms with E-state index in [2.05, 4.69) is 31.4 Å². The van der Waals surface area contributed by atoms with Gasteiger partial charge in [0.15, 0.2) is 0 Å². The Balaban J connectivity index is 1.63. The van der Waals surface area contributed by atoms with Crippen LogP contribution >= 0.6 is 0 Å². The maximum atomic E-state index is 12.1. The molecule has 0 saturated heterocycles. The summed E-state index contributed by atoms with van der Waals surface area (Å²) in [6, 6.07) is 7.41. The number of nitrogens with one attached hydrogen (secondary N) is 2. The molecule has 0 bridgehead atoms. The first-order chi connectivity index (χ1) is 12.1. The largest absolute Gasteiger partial charge is 0.345 e. The third-order valence-corrected chi connectivity index (χ3v) is 3.88. The van der Waals surface area contributed by atoms with Crippen LogP contribution in [0.2, 0.25) is 0 Å². The quantitative estimate of drug-likeness (QED) is 0.593. The van der Waals surface area contributed by atoms with Gasteiger partial charge in [0, 0.05) is 18.6 Å². The van der Waals surface area contributed by atoms with E-state index in [1.807, 2.05) is 0 Å². The van der Waals surface area contributed by atoms with Crippen LogP contribution in [0.15, 0.2) is 36.8 Å². The van der Waals surface area contributed by atoms with Crippen LogP contribution in [0.3, 0.4) is 0 Å². The lowest BCUT2D eigenvalue weighted by Gasteiger charge is -1.99.